The molecule has 3 aromatic rings. The molecule has 1 amide bonds. The molecule has 2 heterocycles. The Hall–Kier alpha value is -2.93. The average molecular weight is 370 g/mol. The largest absolute Gasteiger partial charge is 0.469 e. The fourth-order valence-corrected chi connectivity index (χ4v) is 3.25. The molecule has 134 valence electrons. The number of thiophene rings is 1. The zero-order valence-electron chi connectivity index (χ0n) is 14.2. The average Bonchev–Trinajstić information content (AvgIpc) is 3.34. The van der Waals surface area contributed by atoms with Gasteiger partial charge in [0, 0.05) is 10.4 Å². The molecule has 26 heavy (non-hydrogen) atoms. The van der Waals surface area contributed by atoms with E-state index < -0.39 is 6.04 Å². The fraction of sp³-hybridized carbons (Fsp3) is 0.211. The van der Waals surface area contributed by atoms with E-state index in [2.05, 4.69) is 10.3 Å². The summed E-state index contributed by atoms with van der Waals surface area (Å²) in [6.45, 7) is 0. The summed E-state index contributed by atoms with van der Waals surface area (Å²) >= 11 is 1.48. The molecule has 0 radical (unpaired) electrons. The summed E-state index contributed by atoms with van der Waals surface area (Å²) < 4.78 is 10.2. The van der Waals surface area contributed by atoms with Crippen molar-refractivity contribution >= 4 is 23.2 Å². The van der Waals surface area contributed by atoms with Crippen molar-refractivity contribution in [1.82, 2.24) is 10.3 Å². The zero-order valence-corrected chi connectivity index (χ0v) is 15.0. The highest BCUT2D eigenvalue weighted by Crippen LogP contribution is 2.23. The molecule has 0 saturated carbocycles. The minimum absolute atomic E-state index is 0.0688. The molecule has 0 aliphatic rings. The van der Waals surface area contributed by atoms with Gasteiger partial charge < -0.3 is 14.5 Å². The third kappa shape index (κ3) is 4.58. The van der Waals surface area contributed by atoms with Gasteiger partial charge in [-0.3, -0.25) is 9.59 Å². The predicted molar refractivity (Wildman–Crippen MR) is 97.5 cm³/mol. The maximum absolute atomic E-state index is 12.4. The van der Waals surface area contributed by atoms with Crippen LogP contribution >= 0.6 is 11.3 Å². The number of carbonyl (C=O) groups excluding carboxylic acids is 2. The molecular weight excluding hydrogens is 352 g/mol. The maximum atomic E-state index is 12.4. The highest BCUT2D eigenvalue weighted by atomic mass is 32.1. The van der Waals surface area contributed by atoms with E-state index in [9.17, 15) is 9.59 Å². The summed E-state index contributed by atoms with van der Waals surface area (Å²) in [5, 5.41) is 4.77. The van der Waals surface area contributed by atoms with Crippen LogP contribution in [0.25, 0.3) is 11.5 Å². The molecule has 1 atom stereocenters. The number of benzene rings is 1. The number of hydrogen-bond donors (Lipinski definition) is 1. The van der Waals surface area contributed by atoms with E-state index in [0.29, 0.717) is 11.6 Å². The predicted octanol–water partition coefficient (Wildman–Crippen LogP) is 3.37. The van der Waals surface area contributed by atoms with Gasteiger partial charge >= 0.3 is 5.97 Å². The number of ether oxygens (including phenoxy) is 1. The lowest BCUT2D eigenvalue weighted by atomic mass is 10.1. The number of nitrogens with zero attached hydrogens (tertiary/aromatic N) is 1. The van der Waals surface area contributed by atoms with Crippen molar-refractivity contribution in [2.24, 2.45) is 0 Å². The van der Waals surface area contributed by atoms with Gasteiger partial charge in [-0.15, -0.1) is 11.3 Å². The second-order valence-corrected chi connectivity index (χ2v) is 6.58. The van der Waals surface area contributed by atoms with E-state index in [1.54, 1.807) is 0 Å². The molecule has 2 aromatic heterocycles. The SMILES string of the molecule is COC(=O)C[C@@H](NC(=O)Cc1coc(-c2ccccc2)n1)c1cccs1. The smallest absolute Gasteiger partial charge is 0.307 e. The first-order chi connectivity index (χ1) is 12.7. The highest BCUT2D eigenvalue weighted by Gasteiger charge is 2.20. The third-order valence-corrected chi connectivity index (χ3v) is 4.72. The van der Waals surface area contributed by atoms with Gasteiger partial charge in [0.2, 0.25) is 11.8 Å². The Balaban J connectivity index is 1.65. The first kappa shape index (κ1) is 17.9. The van der Waals surface area contributed by atoms with Crippen molar-refractivity contribution in [2.75, 3.05) is 7.11 Å². The Morgan fingerprint density at radius 2 is 2.04 bits per heavy atom. The van der Waals surface area contributed by atoms with Crippen LogP contribution in [0, 0.1) is 0 Å². The monoisotopic (exact) mass is 370 g/mol. The molecule has 0 fully saturated rings. The molecule has 1 N–H and O–H groups in total. The van der Waals surface area contributed by atoms with E-state index in [-0.39, 0.29) is 24.7 Å². The van der Waals surface area contributed by atoms with Crippen LogP contribution in [0.4, 0.5) is 0 Å². The van der Waals surface area contributed by atoms with Gasteiger partial charge in [-0.25, -0.2) is 4.98 Å². The van der Waals surface area contributed by atoms with Crippen LogP contribution in [0.5, 0.6) is 0 Å². The highest BCUT2D eigenvalue weighted by molar-refractivity contribution is 7.10. The maximum Gasteiger partial charge on any atom is 0.307 e. The van der Waals surface area contributed by atoms with Crippen LogP contribution < -0.4 is 5.32 Å². The van der Waals surface area contributed by atoms with Crippen molar-refractivity contribution in [3.63, 3.8) is 0 Å². The number of oxazole rings is 1. The normalized spacial score (nSPS) is 11.7. The number of methoxy groups -OCH3 is 1. The third-order valence-electron chi connectivity index (χ3n) is 3.73. The molecule has 0 aliphatic carbocycles. The molecular formula is C19H18N2O4S. The summed E-state index contributed by atoms with van der Waals surface area (Å²) in [6, 6.07) is 12.8. The van der Waals surface area contributed by atoms with Crippen molar-refractivity contribution < 1.29 is 18.7 Å². The number of hydrogen-bond acceptors (Lipinski definition) is 6. The quantitative estimate of drug-likeness (QED) is 0.645. The molecule has 6 nitrogen and oxygen atoms in total. The Morgan fingerprint density at radius 1 is 1.23 bits per heavy atom. The van der Waals surface area contributed by atoms with Crippen molar-refractivity contribution in [3.05, 3.63) is 64.7 Å². The lowest BCUT2D eigenvalue weighted by Crippen LogP contribution is -2.31. The molecule has 0 spiro atoms. The Kier molecular flexibility index (Phi) is 5.80. The molecule has 0 saturated heterocycles. The van der Waals surface area contributed by atoms with E-state index >= 15 is 0 Å². The second kappa shape index (κ2) is 8.44. The van der Waals surface area contributed by atoms with Crippen LogP contribution in [-0.4, -0.2) is 24.0 Å². The van der Waals surface area contributed by atoms with Crippen molar-refractivity contribution in [1.29, 1.82) is 0 Å². The summed E-state index contributed by atoms with van der Waals surface area (Å²) in [5.41, 5.74) is 1.38. The minimum atomic E-state index is -0.421. The molecule has 1 aromatic carbocycles. The second-order valence-electron chi connectivity index (χ2n) is 5.60. The van der Waals surface area contributed by atoms with Gasteiger partial charge in [-0.05, 0) is 23.6 Å². The van der Waals surface area contributed by atoms with Crippen LogP contribution in [0.3, 0.4) is 0 Å². The Bertz CT molecular complexity index is 859. The fourth-order valence-electron chi connectivity index (χ4n) is 2.47. The molecule has 3 rings (SSSR count). The number of esters is 1. The van der Waals surface area contributed by atoms with Crippen LogP contribution in [0.15, 0.2) is 58.5 Å². The number of aromatic nitrogens is 1. The van der Waals surface area contributed by atoms with Gasteiger partial charge in [0.05, 0.1) is 31.7 Å². The van der Waals surface area contributed by atoms with E-state index in [1.165, 1.54) is 24.7 Å². The Labute approximate surface area is 154 Å². The van der Waals surface area contributed by atoms with Gasteiger partial charge in [-0.2, -0.15) is 0 Å². The number of carbonyl (C=O) groups is 2. The lowest BCUT2D eigenvalue weighted by molar-refractivity contribution is -0.141. The number of rotatable bonds is 7. The summed E-state index contributed by atoms with van der Waals surface area (Å²) in [5.74, 6) is -0.144. The Morgan fingerprint density at radius 3 is 2.73 bits per heavy atom. The topological polar surface area (TPSA) is 81.4 Å². The molecule has 7 heteroatoms. The van der Waals surface area contributed by atoms with Crippen molar-refractivity contribution in [3.8, 4) is 11.5 Å². The number of amides is 1. The van der Waals surface area contributed by atoms with Crippen molar-refractivity contribution in [2.45, 2.75) is 18.9 Å². The van der Waals surface area contributed by atoms with E-state index in [1.807, 2.05) is 47.8 Å². The van der Waals surface area contributed by atoms with Gasteiger partial charge in [0.1, 0.15) is 6.26 Å². The summed E-state index contributed by atoms with van der Waals surface area (Å²) in [4.78, 5) is 29.3. The molecule has 0 unspecified atom stereocenters. The van der Waals surface area contributed by atoms with Crippen LogP contribution in [-0.2, 0) is 20.7 Å². The molecule has 0 aliphatic heterocycles. The van der Waals surface area contributed by atoms with Gasteiger partial charge in [0.25, 0.3) is 0 Å². The summed E-state index contributed by atoms with van der Waals surface area (Å²) in [7, 11) is 1.33. The number of nitrogens with one attached hydrogen (secondary N) is 1. The first-order valence-corrected chi connectivity index (χ1v) is 8.93. The van der Waals surface area contributed by atoms with Gasteiger partial charge in [-0.1, -0.05) is 24.3 Å². The zero-order chi connectivity index (χ0) is 18.4. The molecule has 0 bridgehead atoms. The van der Waals surface area contributed by atoms with E-state index in [4.69, 9.17) is 9.15 Å². The summed E-state index contributed by atoms with van der Waals surface area (Å²) in [6.07, 6.45) is 1.62. The minimum Gasteiger partial charge on any atom is -0.469 e. The first-order valence-electron chi connectivity index (χ1n) is 8.05. The van der Waals surface area contributed by atoms with Crippen LogP contribution in [0.1, 0.15) is 23.0 Å². The lowest BCUT2D eigenvalue weighted by Gasteiger charge is -2.16. The standard InChI is InChI=1S/C19H18N2O4S/c1-24-18(23)11-15(16-8-5-9-26-16)21-17(22)10-14-12-25-19(20-14)13-6-3-2-4-7-13/h2-9,12,15H,10-11H2,1H3,(H,21,22)/t15-/m1/s1. The van der Waals surface area contributed by atoms with E-state index in [0.717, 1.165) is 10.4 Å². The van der Waals surface area contributed by atoms with Crippen LogP contribution in [0.2, 0.25) is 0 Å². The van der Waals surface area contributed by atoms with Gasteiger partial charge in [0.15, 0.2) is 0 Å².